The highest BCUT2D eigenvalue weighted by Gasteiger charge is 2.11. The minimum atomic E-state index is 0.419. The highest BCUT2D eigenvalue weighted by atomic mass is 32.2. The standard InChI is InChI=1S/C26H41N5S2/c1-5-7-8-9-10-11-12-22(4)19-32-26(29-6-2)33-20-24(14-13-21(3)15-27)25-30-17-23(16-28)18-31-25/h13-14,17-18,22H,5-12,16,19-20,28H2,1-4H3/b21-13+,24-14+,29-26?. The smallest absolute Gasteiger partial charge is 0.155 e. The van der Waals surface area contributed by atoms with Crippen LogP contribution in [-0.2, 0) is 6.54 Å². The first kappa shape index (κ1) is 29.4. The number of nitriles is 1. The second-order valence-electron chi connectivity index (χ2n) is 8.27. The van der Waals surface area contributed by atoms with E-state index in [0.717, 1.165) is 27.8 Å². The third-order valence-electron chi connectivity index (χ3n) is 5.12. The third-order valence-corrected chi connectivity index (χ3v) is 7.77. The number of allylic oxidation sites excluding steroid dienone is 3. The number of hydrogen-bond donors (Lipinski definition) is 1. The largest absolute Gasteiger partial charge is 0.326 e. The van der Waals surface area contributed by atoms with Gasteiger partial charge < -0.3 is 5.73 Å². The predicted octanol–water partition coefficient (Wildman–Crippen LogP) is 7.02. The van der Waals surface area contributed by atoms with Crippen molar-refractivity contribution in [2.45, 2.75) is 79.2 Å². The molecule has 0 saturated carbocycles. The van der Waals surface area contributed by atoms with Crippen LogP contribution in [0.3, 0.4) is 0 Å². The van der Waals surface area contributed by atoms with Gasteiger partial charge in [0.15, 0.2) is 5.82 Å². The van der Waals surface area contributed by atoms with E-state index in [9.17, 15) is 0 Å². The molecule has 0 fully saturated rings. The summed E-state index contributed by atoms with van der Waals surface area (Å²) >= 11 is 3.58. The molecule has 5 nitrogen and oxygen atoms in total. The van der Waals surface area contributed by atoms with E-state index in [2.05, 4.69) is 36.8 Å². The van der Waals surface area contributed by atoms with Crippen molar-refractivity contribution in [3.05, 3.63) is 41.5 Å². The van der Waals surface area contributed by atoms with Crippen LogP contribution in [0, 0.1) is 17.2 Å². The number of hydrogen-bond acceptors (Lipinski definition) is 7. The van der Waals surface area contributed by atoms with Gasteiger partial charge in [-0.15, -0.1) is 0 Å². The number of rotatable bonds is 15. The van der Waals surface area contributed by atoms with Crippen molar-refractivity contribution in [1.82, 2.24) is 9.97 Å². The number of aromatic nitrogens is 2. The highest BCUT2D eigenvalue weighted by molar-refractivity contribution is 8.39. The Labute approximate surface area is 209 Å². The van der Waals surface area contributed by atoms with Gasteiger partial charge in [-0.3, -0.25) is 4.99 Å². The van der Waals surface area contributed by atoms with Crippen molar-refractivity contribution in [2.75, 3.05) is 18.1 Å². The maximum Gasteiger partial charge on any atom is 0.155 e. The van der Waals surface area contributed by atoms with Gasteiger partial charge in [0, 0.05) is 53.7 Å². The van der Waals surface area contributed by atoms with E-state index in [1.165, 1.54) is 44.9 Å². The lowest BCUT2D eigenvalue weighted by Crippen LogP contribution is -2.04. The fraction of sp³-hybridized carbons (Fsp3) is 0.615. The molecule has 1 aromatic heterocycles. The van der Waals surface area contributed by atoms with Gasteiger partial charge in [0.2, 0.25) is 0 Å². The molecule has 1 heterocycles. The van der Waals surface area contributed by atoms with Crippen molar-refractivity contribution in [2.24, 2.45) is 16.6 Å². The zero-order valence-electron chi connectivity index (χ0n) is 20.8. The number of aliphatic imine (C=N–C) groups is 1. The Morgan fingerprint density at radius 1 is 1.12 bits per heavy atom. The molecular weight excluding hydrogens is 446 g/mol. The van der Waals surface area contributed by atoms with Gasteiger partial charge in [-0.1, -0.05) is 82.0 Å². The molecule has 0 saturated heterocycles. The fourth-order valence-corrected chi connectivity index (χ4v) is 5.30. The molecule has 7 heteroatoms. The van der Waals surface area contributed by atoms with Crippen molar-refractivity contribution in [1.29, 1.82) is 5.26 Å². The summed E-state index contributed by atoms with van der Waals surface area (Å²) in [5.74, 6) is 3.15. The predicted molar refractivity (Wildman–Crippen MR) is 147 cm³/mol. The third kappa shape index (κ3) is 13.6. The first-order valence-electron chi connectivity index (χ1n) is 12.1. The van der Waals surface area contributed by atoms with Crippen LogP contribution in [0.2, 0.25) is 0 Å². The molecule has 2 N–H and O–H groups in total. The van der Waals surface area contributed by atoms with E-state index in [-0.39, 0.29) is 0 Å². The summed E-state index contributed by atoms with van der Waals surface area (Å²) in [5.41, 5.74) is 8.20. The fourth-order valence-electron chi connectivity index (χ4n) is 3.05. The second-order valence-corrected chi connectivity index (χ2v) is 10.5. The van der Waals surface area contributed by atoms with Crippen LogP contribution in [0.1, 0.15) is 84.0 Å². The Bertz CT molecular complexity index is 794. The van der Waals surface area contributed by atoms with Crippen molar-refractivity contribution in [3.8, 4) is 6.07 Å². The normalized spacial score (nSPS) is 13.8. The van der Waals surface area contributed by atoms with Crippen molar-refractivity contribution < 1.29 is 0 Å². The average Bonchev–Trinajstić information content (AvgIpc) is 2.84. The van der Waals surface area contributed by atoms with Gasteiger partial charge in [-0.2, -0.15) is 5.26 Å². The summed E-state index contributed by atoms with van der Waals surface area (Å²) in [6.45, 7) is 9.68. The summed E-state index contributed by atoms with van der Waals surface area (Å²) in [6.07, 6.45) is 16.7. The van der Waals surface area contributed by atoms with E-state index in [4.69, 9.17) is 16.0 Å². The molecule has 1 aromatic rings. The van der Waals surface area contributed by atoms with Crippen LogP contribution in [0.5, 0.6) is 0 Å². The molecule has 0 aliphatic rings. The zero-order valence-corrected chi connectivity index (χ0v) is 22.5. The maximum absolute atomic E-state index is 9.09. The van der Waals surface area contributed by atoms with Crippen LogP contribution >= 0.6 is 23.5 Å². The summed E-state index contributed by atoms with van der Waals surface area (Å²) in [7, 11) is 0. The van der Waals surface area contributed by atoms with Crippen molar-refractivity contribution >= 4 is 33.5 Å². The van der Waals surface area contributed by atoms with E-state index in [1.54, 1.807) is 31.1 Å². The molecule has 1 rings (SSSR count). The minimum absolute atomic E-state index is 0.419. The van der Waals surface area contributed by atoms with E-state index < -0.39 is 0 Å². The SMILES string of the molecule is CCCCCCCCC(C)CSC(=NCC)SC/C(=C\C=C(/C)C#N)c1ncc(CN)cn1. The van der Waals surface area contributed by atoms with Crippen LogP contribution in [0.15, 0.2) is 35.1 Å². The Kier molecular flexibility index (Phi) is 16.7. The topological polar surface area (TPSA) is 88.0 Å². The van der Waals surface area contributed by atoms with Crippen LogP contribution in [0.25, 0.3) is 5.57 Å². The van der Waals surface area contributed by atoms with Gasteiger partial charge in [-0.05, 0) is 32.3 Å². The van der Waals surface area contributed by atoms with Gasteiger partial charge in [-0.25, -0.2) is 9.97 Å². The molecule has 0 aromatic carbocycles. The van der Waals surface area contributed by atoms with Crippen molar-refractivity contribution in [3.63, 3.8) is 0 Å². The Balaban J connectivity index is 2.67. The Morgan fingerprint density at radius 3 is 2.45 bits per heavy atom. The van der Waals surface area contributed by atoms with Crippen LogP contribution in [-0.4, -0.2) is 32.4 Å². The van der Waals surface area contributed by atoms with E-state index in [1.807, 2.05) is 23.9 Å². The van der Waals surface area contributed by atoms with Gasteiger partial charge in [0.05, 0.1) is 6.07 Å². The molecule has 0 aliphatic heterocycles. The summed E-state index contributed by atoms with van der Waals surface area (Å²) in [5, 5.41) is 9.09. The van der Waals surface area contributed by atoms with Gasteiger partial charge >= 0.3 is 0 Å². The lowest BCUT2D eigenvalue weighted by atomic mass is 10.0. The van der Waals surface area contributed by atoms with Crippen LogP contribution in [0.4, 0.5) is 0 Å². The summed E-state index contributed by atoms with van der Waals surface area (Å²) in [6, 6.07) is 2.16. The molecule has 33 heavy (non-hydrogen) atoms. The number of nitrogens with zero attached hydrogens (tertiary/aromatic N) is 4. The molecular formula is C26H41N5S2. The Hall–Kier alpha value is -1.62. The first-order chi connectivity index (χ1) is 16.0. The van der Waals surface area contributed by atoms with E-state index >= 15 is 0 Å². The molecule has 0 aliphatic carbocycles. The second kappa shape index (κ2) is 18.8. The average molecular weight is 488 g/mol. The molecule has 1 unspecified atom stereocenters. The maximum atomic E-state index is 9.09. The monoisotopic (exact) mass is 487 g/mol. The summed E-state index contributed by atoms with van der Waals surface area (Å²) < 4.78 is 1.11. The first-order valence-corrected chi connectivity index (χ1v) is 14.1. The number of thioether (sulfide) groups is 2. The highest BCUT2D eigenvalue weighted by Crippen LogP contribution is 2.26. The molecule has 0 radical (unpaired) electrons. The Morgan fingerprint density at radius 2 is 1.82 bits per heavy atom. The van der Waals surface area contributed by atoms with Gasteiger partial charge in [0.1, 0.15) is 4.38 Å². The minimum Gasteiger partial charge on any atom is -0.326 e. The molecule has 1 atom stereocenters. The van der Waals surface area contributed by atoms with E-state index in [0.29, 0.717) is 29.6 Å². The molecule has 0 bridgehead atoms. The summed E-state index contributed by atoms with van der Waals surface area (Å²) in [4.78, 5) is 13.7. The quantitative estimate of drug-likeness (QED) is 0.0940. The zero-order chi connectivity index (χ0) is 24.3. The lowest BCUT2D eigenvalue weighted by Gasteiger charge is -2.13. The van der Waals surface area contributed by atoms with Gasteiger partial charge in [0.25, 0.3) is 0 Å². The molecule has 0 spiro atoms. The number of nitrogens with two attached hydrogens (primary N) is 1. The molecule has 0 amide bonds. The number of unbranched alkanes of at least 4 members (excludes halogenated alkanes) is 5. The molecule has 182 valence electrons. The lowest BCUT2D eigenvalue weighted by molar-refractivity contribution is 0.519. The van der Waals surface area contributed by atoms with Crippen LogP contribution < -0.4 is 5.73 Å².